The molecule has 5 nitrogen and oxygen atoms in total. The first-order valence-corrected chi connectivity index (χ1v) is 9.13. The number of esters is 1. The number of carbonyl (C=O) groups is 1. The van der Waals surface area contributed by atoms with Crippen LogP contribution < -0.4 is 9.47 Å². The molecule has 28 heavy (non-hydrogen) atoms. The molecule has 1 atom stereocenters. The van der Waals surface area contributed by atoms with E-state index in [0.29, 0.717) is 23.5 Å². The molecule has 5 heteroatoms. The number of carbonyl (C=O) groups excluding carboxylic acids is 1. The lowest BCUT2D eigenvalue weighted by Gasteiger charge is -2.39. The van der Waals surface area contributed by atoms with Crippen LogP contribution in [0.1, 0.15) is 27.9 Å². The predicted octanol–water partition coefficient (Wildman–Crippen LogP) is 4.20. The lowest BCUT2D eigenvalue weighted by molar-refractivity contribution is 0.0142. The van der Waals surface area contributed by atoms with Gasteiger partial charge in [-0.05, 0) is 45.1 Å². The molecule has 0 bridgehead atoms. The summed E-state index contributed by atoms with van der Waals surface area (Å²) in [5.41, 5.74) is 1.78. The molecule has 0 aliphatic rings. The van der Waals surface area contributed by atoms with Gasteiger partial charge >= 0.3 is 5.97 Å². The Kier molecular flexibility index (Phi) is 7.24. The molecule has 0 spiro atoms. The monoisotopic (exact) mass is 383 g/mol. The highest BCUT2D eigenvalue weighted by molar-refractivity contribution is 5.90. The first-order chi connectivity index (χ1) is 13.4. The fourth-order valence-electron chi connectivity index (χ4n) is 3.29. The van der Waals surface area contributed by atoms with Gasteiger partial charge in [0.05, 0.1) is 25.3 Å². The van der Waals surface area contributed by atoms with Crippen LogP contribution in [0.3, 0.4) is 0 Å². The van der Waals surface area contributed by atoms with Crippen LogP contribution in [0.25, 0.3) is 0 Å². The molecule has 0 saturated heterocycles. The van der Waals surface area contributed by atoms with Gasteiger partial charge in [0, 0.05) is 5.56 Å². The zero-order valence-corrected chi connectivity index (χ0v) is 17.3. The Morgan fingerprint density at radius 2 is 1.68 bits per heavy atom. The lowest BCUT2D eigenvalue weighted by atomic mass is 9.86. The first kappa shape index (κ1) is 21.5. The van der Waals surface area contributed by atoms with E-state index in [0.717, 1.165) is 11.1 Å². The molecule has 2 rings (SSSR count). The van der Waals surface area contributed by atoms with E-state index in [1.165, 1.54) is 0 Å². The summed E-state index contributed by atoms with van der Waals surface area (Å²) < 4.78 is 16.5. The summed E-state index contributed by atoms with van der Waals surface area (Å²) in [5.74, 6) is 0.737. The third kappa shape index (κ3) is 4.37. The minimum atomic E-state index is -0.502. The number of benzene rings is 2. The van der Waals surface area contributed by atoms with Crippen molar-refractivity contribution in [2.45, 2.75) is 18.9 Å². The van der Waals surface area contributed by atoms with E-state index in [1.807, 2.05) is 57.4 Å². The van der Waals surface area contributed by atoms with Crippen LogP contribution in [0.15, 0.2) is 55.1 Å². The van der Waals surface area contributed by atoms with Crippen molar-refractivity contribution in [1.29, 1.82) is 0 Å². The molecule has 0 amide bonds. The van der Waals surface area contributed by atoms with Crippen molar-refractivity contribution >= 4 is 5.97 Å². The van der Waals surface area contributed by atoms with Crippen LogP contribution in [0.5, 0.6) is 11.5 Å². The quantitative estimate of drug-likeness (QED) is 0.480. The summed E-state index contributed by atoms with van der Waals surface area (Å²) in [5, 5.41) is 0. The fraction of sp³-hybridized carbons (Fsp3) is 0.348. The highest BCUT2D eigenvalue weighted by Gasteiger charge is 2.35. The molecule has 2 aromatic rings. The van der Waals surface area contributed by atoms with Crippen molar-refractivity contribution in [3.8, 4) is 11.5 Å². The van der Waals surface area contributed by atoms with Crippen LogP contribution in [0.2, 0.25) is 0 Å². The number of likely N-dealkylation sites (N-methyl/N-ethyl adjacent to an activating group) is 1. The number of hydrogen-bond acceptors (Lipinski definition) is 5. The SMILES string of the molecule is C=CCC(COC(=O)c1cc(OC)c(C)c(OC)c1)(c1ccccc1)N(C)C. The molecule has 150 valence electrons. The van der Waals surface area contributed by atoms with Crippen LogP contribution in [-0.2, 0) is 10.3 Å². The molecule has 0 aliphatic carbocycles. The molecule has 0 heterocycles. The second-order valence-corrected chi connectivity index (χ2v) is 6.87. The third-order valence-corrected chi connectivity index (χ3v) is 5.08. The van der Waals surface area contributed by atoms with Crippen LogP contribution in [0, 0.1) is 6.92 Å². The Labute approximate surface area is 167 Å². The van der Waals surface area contributed by atoms with Crippen LogP contribution in [0.4, 0.5) is 0 Å². The van der Waals surface area contributed by atoms with E-state index in [9.17, 15) is 4.79 Å². The summed E-state index contributed by atoms with van der Waals surface area (Å²) in [4.78, 5) is 14.9. The summed E-state index contributed by atoms with van der Waals surface area (Å²) >= 11 is 0. The molecule has 0 N–H and O–H groups in total. The van der Waals surface area contributed by atoms with Gasteiger partial charge in [-0.2, -0.15) is 0 Å². The normalized spacial score (nSPS) is 12.9. The molecule has 0 fully saturated rings. The number of ether oxygens (including phenoxy) is 3. The topological polar surface area (TPSA) is 48.0 Å². The van der Waals surface area contributed by atoms with Crippen molar-refractivity contribution in [2.75, 3.05) is 34.9 Å². The summed E-state index contributed by atoms with van der Waals surface area (Å²) in [6.45, 7) is 5.96. The lowest BCUT2D eigenvalue weighted by Crippen LogP contribution is -2.45. The number of hydrogen-bond donors (Lipinski definition) is 0. The Morgan fingerprint density at radius 1 is 1.11 bits per heavy atom. The number of methoxy groups -OCH3 is 2. The molecule has 0 saturated carbocycles. The van der Waals surface area contributed by atoms with Crippen LogP contribution in [-0.4, -0.2) is 45.8 Å². The van der Waals surface area contributed by atoms with Gasteiger partial charge in [0.2, 0.25) is 0 Å². The van der Waals surface area contributed by atoms with Crippen molar-refractivity contribution in [3.05, 3.63) is 71.8 Å². The third-order valence-electron chi connectivity index (χ3n) is 5.08. The van der Waals surface area contributed by atoms with Gasteiger partial charge in [-0.15, -0.1) is 6.58 Å². The molecule has 0 aromatic heterocycles. The Bertz CT molecular complexity index is 792. The molecular weight excluding hydrogens is 354 g/mol. The van der Waals surface area contributed by atoms with Gasteiger partial charge in [-0.25, -0.2) is 4.79 Å². The largest absolute Gasteiger partial charge is 0.496 e. The van der Waals surface area contributed by atoms with E-state index >= 15 is 0 Å². The molecule has 0 radical (unpaired) electrons. The van der Waals surface area contributed by atoms with Crippen molar-refractivity contribution in [1.82, 2.24) is 4.90 Å². The van der Waals surface area contributed by atoms with E-state index in [1.54, 1.807) is 26.4 Å². The standard InChI is InChI=1S/C23H29NO4/c1-7-13-23(24(3)4,19-11-9-8-10-12-19)16-28-22(25)18-14-20(26-5)17(2)21(15-18)27-6/h7-12,14-15H,1,13,16H2,2-6H3. The average Bonchev–Trinajstić information content (AvgIpc) is 2.71. The van der Waals surface area contributed by atoms with Gasteiger partial charge in [-0.3, -0.25) is 4.90 Å². The van der Waals surface area contributed by atoms with E-state index in [4.69, 9.17) is 14.2 Å². The molecule has 2 aromatic carbocycles. The zero-order valence-electron chi connectivity index (χ0n) is 17.3. The highest BCUT2D eigenvalue weighted by Crippen LogP contribution is 2.33. The molecule has 0 aliphatic heterocycles. The van der Waals surface area contributed by atoms with Crippen molar-refractivity contribution in [3.63, 3.8) is 0 Å². The Balaban J connectivity index is 2.33. The van der Waals surface area contributed by atoms with E-state index in [2.05, 4.69) is 11.5 Å². The Hall–Kier alpha value is -2.79. The van der Waals surface area contributed by atoms with Gasteiger partial charge in [0.25, 0.3) is 0 Å². The minimum Gasteiger partial charge on any atom is -0.496 e. The van der Waals surface area contributed by atoms with Crippen molar-refractivity contribution in [2.24, 2.45) is 0 Å². The Morgan fingerprint density at radius 3 is 2.14 bits per heavy atom. The van der Waals surface area contributed by atoms with Gasteiger partial charge in [0.1, 0.15) is 18.1 Å². The maximum Gasteiger partial charge on any atom is 0.338 e. The second-order valence-electron chi connectivity index (χ2n) is 6.87. The van der Waals surface area contributed by atoms with Crippen LogP contribution >= 0.6 is 0 Å². The molecular formula is C23H29NO4. The average molecular weight is 383 g/mol. The van der Waals surface area contributed by atoms with Crippen molar-refractivity contribution < 1.29 is 19.0 Å². The minimum absolute atomic E-state index is 0.188. The summed E-state index contributed by atoms with van der Waals surface area (Å²) in [7, 11) is 7.07. The van der Waals surface area contributed by atoms with Gasteiger partial charge in [-0.1, -0.05) is 36.4 Å². The second kappa shape index (κ2) is 9.42. The molecule has 1 unspecified atom stereocenters. The maximum absolute atomic E-state index is 12.8. The maximum atomic E-state index is 12.8. The summed E-state index contributed by atoms with van der Waals surface area (Å²) in [6.07, 6.45) is 2.48. The van der Waals surface area contributed by atoms with Gasteiger partial charge < -0.3 is 14.2 Å². The van der Waals surface area contributed by atoms with E-state index < -0.39 is 11.5 Å². The van der Waals surface area contributed by atoms with Gasteiger partial charge in [0.15, 0.2) is 0 Å². The summed E-state index contributed by atoms with van der Waals surface area (Å²) in [6, 6.07) is 13.3. The first-order valence-electron chi connectivity index (χ1n) is 9.13. The van der Waals surface area contributed by atoms with E-state index in [-0.39, 0.29) is 6.61 Å². The smallest absolute Gasteiger partial charge is 0.338 e. The fourth-order valence-corrected chi connectivity index (χ4v) is 3.29. The number of nitrogens with zero attached hydrogens (tertiary/aromatic N) is 1. The highest BCUT2D eigenvalue weighted by atomic mass is 16.5. The zero-order chi connectivity index (χ0) is 20.7. The number of rotatable bonds is 9. The predicted molar refractivity (Wildman–Crippen MR) is 111 cm³/mol.